The lowest BCUT2D eigenvalue weighted by Gasteiger charge is -2.03. The van der Waals surface area contributed by atoms with Crippen molar-refractivity contribution in [3.8, 4) is 0 Å². The molecule has 2 aromatic rings. The van der Waals surface area contributed by atoms with E-state index in [1.807, 2.05) is 6.07 Å². The van der Waals surface area contributed by atoms with E-state index in [0.29, 0.717) is 10.5 Å². The lowest BCUT2D eigenvalue weighted by Crippen LogP contribution is -2.15. The van der Waals surface area contributed by atoms with Crippen molar-refractivity contribution in [3.05, 3.63) is 28.7 Å². The van der Waals surface area contributed by atoms with Crippen LogP contribution >= 0.6 is 11.6 Å². The molecule has 0 aromatic carbocycles. The Labute approximate surface area is 91.7 Å². The number of primary amides is 1. The molecule has 5 heteroatoms. The summed E-state index contributed by atoms with van der Waals surface area (Å²) in [5, 5.41) is 1.40. The fraction of sp³-hybridized carbons (Fsp3) is 0.200. The van der Waals surface area contributed by atoms with Crippen LogP contribution in [0.5, 0.6) is 0 Å². The first kappa shape index (κ1) is 9.98. The molecular weight excluding hydrogens is 214 g/mol. The molecule has 78 valence electrons. The third-order valence-electron chi connectivity index (χ3n) is 2.27. The van der Waals surface area contributed by atoms with Crippen molar-refractivity contribution in [2.24, 2.45) is 12.8 Å². The molecule has 2 rings (SSSR count). The SMILES string of the molecule is Cc1cc2c(Cl)cn(C)c2c(C(N)=O)n1. The van der Waals surface area contributed by atoms with E-state index in [2.05, 4.69) is 4.98 Å². The minimum absolute atomic E-state index is 0.263. The van der Waals surface area contributed by atoms with E-state index in [-0.39, 0.29) is 5.69 Å². The van der Waals surface area contributed by atoms with E-state index in [1.54, 1.807) is 24.7 Å². The van der Waals surface area contributed by atoms with Crippen LogP contribution in [0.15, 0.2) is 12.3 Å². The molecule has 15 heavy (non-hydrogen) atoms. The average Bonchev–Trinajstić information content (AvgIpc) is 2.41. The molecular formula is C10H10ClN3O. The maximum absolute atomic E-state index is 11.2. The van der Waals surface area contributed by atoms with Crippen LogP contribution in [0.2, 0.25) is 5.02 Å². The number of aryl methyl sites for hydroxylation is 2. The van der Waals surface area contributed by atoms with Gasteiger partial charge in [0.1, 0.15) is 0 Å². The van der Waals surface area contributed by atoms with Crippen LogP contribution in [0.4, 0.5) is 0 Å². The quantitative estimate of drug-likeness (QED) is 0.799. The molecule has 0 fully saturated rings. The Kier molecular flexibility index (Phi) is 2.16. The van der Waals surface area contributed by atoms with Crippen molar-refractivity contribution in [1.82, 2.24) is 9.55 Å². The average molecular weight is 224 g/mol. The predicted octanol–water partition coefficient (Wildman–Crippen LogP) is 1.63. The van der Waals surface area contributed by atoms with Crippen molar-refractivity contribution in [2.45, 2.75) is 6.92 Å². The van der Waals surface area contributed by atoms with Crippen LogP contribution in [0.1, 0.15) is 16.2 Å². The molecule has 4 nitrogen and oxygen atoms in total. The van der Waals surface area contributed by atoms with Crippen LogP contribution in [-0.4, -0.2) is 15.5 Å². The Morgan fingerprint density at radius 2 is 2.27 bits per heavy atom. The van der Waals surface area contributed by atoms with Gasteiger partial charge in [0.15, 0.2) is 5.69 Å². The molecule has 0 aliphatic heterocycles. The van der Waals surface area contributed by atoms with Crippen LogP contribution < -0.4 is 5.73 Å². The highest BCUT2D eigenvalue weighted by molar-refractivity contribution is 6.36. The fourth-order valence-corrected chi connectivity index (χ4v) is 1.97. The van der Waals surface area contributed by atoms with Crippen molar-refractivity contribution < 1.29 is 4.79 Å². The number of pyridine rings is 1. The highest BCUT2D eigenvalue weighted by Gasteiger charge is 2.15. The second kappa shape index (κ2) is 3.24. The molecule has 2 N–H and O–H groups in total. The Morgan fingerprint density at radius 3 is 2.87 bits per heavy atom. The van der Waals surface area contributed by atoms with Crippen molar-refractivity contribution >= 4 is 28.4 Å². The van der Waals surface area contributed by atoms with Gasteiger partial charge >= 0.3 is 0 Å². The molecule has 0 bridgehead atoms. The van der Waals surface area contributed by atoms with Crippen LogP contribution in [0.3, 0.4) is 0 Å². The van der Waals surface area contributed by atoms with E-state index in [0.717, 1.165) is 11.1 Å². The Morgan fingerprint density at radius 1 is 1.60 bits per heavy atom. The minimum Gasteiger partial charge on any atom is -0.364 e. The predicted molar refractivity (Wildman–Crippen MR) is 59.0 cm³/mol. The third-order valence-corrected chi connectivity index (χ3v) is 2.57. The summed E-state index contributed by atoms with van der Waals surface area (Å²) in [7, 11) is 1.80. The number of aromatic nitrogens is 2. The summed E-state index contributed by atoms with van der Waals surface area (Å²) in [6.45, 7) is 1.80. The second-order valence-electron chi connectivity index (χ2n) is 3.46. The largest absolute Gasteiger partial charge is 0.364 e. The lowest BCUT2D eigenvalue weighted by atomic mass is 10.2. The van der Waals surface area contributed by atoms with Gasteiger partial charge in [-0.05, 0) is 13.0 Å². The van der Waals surface area contributed by atoms with Crippen molar-refractivity contribution in [3.63, 3.8) is 0 Å². The smallest absolute Gasteiger partial charge is 0.269 e. The molecule has 0 saturated heterocycles. The third kappa shape index (κ3) is 1.47. The van der Waals surface area contributed by atoms with E-state index >= 15 is 0 Å². The zero-order valence-corrected chi connectivity index (χ0v) is 9.17. The van der Waals surface area contributed by atoms with Gasteiger partial charge in [-0.15, -0.1) is 0 Å². The summed E-state index contributed by atoms with van der Waals surface area (Å²) in [6.07, 6.45) is 1.74. The summed E-state index contributed by atoms with van der Waals surface area (Å²) in [5.41, 5.74) is 6.94. The zero-order chi connectivity index (χ0) is 11.2. The molecule has 0 radical (unpaired) electrons. The number of carbonyl (C=O) groups excluding carboxylic acids is 1. The molecule has 0 aliphatic rings. The molecule has 0 spiro atoms. The molecule has 0 atom stereocenters. The lowest BCUT2D eigenvalue weighted by molar-refractivity contribution is 0.0997. The number of halogens is 1. The van der Waals surface area contributed by atoms with Crippen molar-refractivity contribution in [1.29, 1.82) is 0 Å². The van der Waals surface area contributed by atoms with Gasteiger partial charge in [-0.3, -0.25) is 4.79 Å². The van der Waals surface area contributed by atoms with E-state index in [4.69, 9.17) is 17.3 Å². The first-order chi connectivity index (χ1) is 7.00. The van der Waals surface area contributed by atoms with Gasteiger partial charge in [0.05, 0.1) is 10.5 Å². The monoisotopic (exact) mass is 223 g/mol. The summed E-state index contributed by atoms with van der Waals surface area (Å²) in [4.78, 5) is 15.4. The Hall–Kier alpha value is -1.55. The minimum atomic E-state index is -0.540. The normalized spacial score (nSPS) is 10.9. The number of nitrogens with zero attached hydrogens (tertiary/aromatic N) is 2. The number of hydrogen-bond acceptors (Lipinski definition) is 2. The number of fused-ring (bicyclic) bond motifs is 1. The Bertz CT molecular complexity index is 559. The second-order valence-corrected chi connectivity index (χ2v) is 3.87. The van der Waals surface area contributed by atoms with Gasteiger partial charge in [0, 0.05) is 24.3 Å². The molecule has 0 unspecified atom stereocenters. The number of hydrogen-bond donors (Lipinski definition) is 1. The fourth-order valence-electron chi connectivity index (χ4n) is 1.68. The van der Waals surface area contributed by atoms with Gasteiger partial charge in [-0.2, -0.15) is 0 Å². The number of nitrogens with two attached hydrogens (primary N) is 1. The Balaban J connectivity index is 2.96. The molecule has 2 aromatic heterocycles. The standard InChI is InChI=1S/C10H10ClN3O/c1-5-3-6-7(11)4-14(2)9(6)8(13-5)10(12)15/h3-4H,1-2H3,(H2,12,15). The van der Waals surface area contributed by atoms with Gasteiger partial charge in [0.25, 0.3) is 5.91 Å². The molecule has 2 heterocycles. The van der Waals surface area contributed by atoms with Gasteiger partial charge in [-0.1, -0.05) is 11.6 Å². The number of carbonyl (C=O) groups is 1. The molecule has 1 amide bonds. The van der Waals surface area contributed by atoms with E-state index in [1.165, 1.54) is 0 Å². The topological polar surface area (TPSA) is 60.9 Å². The van der Waals surface area contributed by atoms with Gasteiger partial charge in [-0.25, -0.2) is 4.98 Å². The maximum Gasteiger partial charge on any atom is 0.269 e. The van der Waals surface area contributed by atoms with Crippen molar-refractivity contribution in [2.75, 3.05) is 0 Å². The van der Waals surface area contributed by atoms with Crippen LogP contribution in [-0.2, 0) is 7.05 Å². The van der Waals surface area contributed by atoms with Gasteiger partial charge < -0.3 is 10.3 Å². The van der Waals surface area contributed by atoms with Crippen LogP contribution in [0.25, 0.3) is 10.9 Å². The summed E-state index contributed by atoms with van der Waals surface area (Å²) in [6, 6.07) is 1.84. The molecule has 0 saturated carbocycles. The van der Waals surface area contributed by atoms with E-state index in [9.17, 15) is 4.79 Å². The highest BCUT2D eigenvalue weighted by atomic mass is 35.5. The van der Waals surface area contributed by atoms with Crippen LogP contribution in [0, 0.1) is 6.92 Å². The zero-order valence-electron chi connectivity index (χ0n) is 8.41. The maximum atomic E-state index is 11.2. The van der Waals surface area contributed by atoms with Gasteiger partial charge in [0.2, 0.25) is 0 Å². The van der Waals surface area contributed by atoms with E-state index < -0.39 is 5.91 Å². The highest BCUT2D eigenvalue weighted by Crippen LogP contribution is 2.27. The summed E-state index contributed by atoms with van der Waals surface area (Å²) in [5.74, 6) is -0.540. The first-order valence-electron chi connectivity index (χ1n) is 4.42. The number of amides is 1. The summed E-state index contributed by atoms with van der Waals surface area (Å²) >= 11 is 6.03. The summed E-state index contributed by atoms with van der Waals surface area (Å²) < 4.78 is 1.75. The molecule has 0 aliphatic carbocycles. The first-order valence-corrected chi connectivity index (χ1v) is 4.80. The number of rotatable bonds is 1.